The summed E-state index contributed by atoms with van der Waals surface area (Å²) >= 11 is 0. The Bertz CT molecular complexity index is 458. The minimum absolute atomic E-state index is 0.144. The van der Waals surface area contributed by atoms with E-state index in [0.29, 0.717) is 5.56 Å². The first kappa shape index (κ1) is 13.1. The SMILES string of the molecule is Cc1cc([N+](=O)[O-])ccc1C(O)C(O)C(=O)O. The summed E-state index contributed by atoms with van der Waals surface area (Å²) in [4.78, 5) is 20.4. The largest absolute Gasteiger partial charge is 0.479 e. The number of non-ortho nitro benzene ring substituents is 1. The minimum atomic E-state index is -1.96. The number of aliphatic carboxylic acids is 1. The van der Waals surface area contributed by atoms with E-state index in [0.717, 1.165) is 6.07 Å². The van der Waals surface area contributed by atoms with Gasteiger partial charge in [0.1, 0.15) is 6.10 Å². The maximum Gasteiger partial charge on any atom is 0.335 e. The van der Waals surface area contributed by atoms with Crippen molar-refractivity contribution < 1.29 is 25.0 Å². The van der Waals surface area contributed by atoms with Crippen molar-refractivity contribution in [3.05, 3.63) is 39.4 Å². The van der Waals surface area contributed by atoms with Crippen LogP contribution in [0.2, 0.25) is 0 Å². The number of rotatable bonds is 4. The number of nitro groups is 1. The Morgan fingerprint density at radius 1 is 1.41 bits per heavy atom. The third kappa shape index (κ3) is 2.77. The molecule has 0 aliphatic heterocycles. The van der Waals surface area contributed by atoms with Crippen molar-refractivity contribution in [2.45, 2.75) is 19.1 Å². The van der Waals surface area contributed by atoms with Crippen LogP contribution >= 0.6 is 0 Å². The molecule has 0 saturated carbocycles. The minimum Gasteiger partial charge on any atom is -0.479 e. The van der Waals surface area contributed by atoms with E-state index in [2.05, 4.69) is 0 Å². The lowest BCUT2D eigenvalue weighted by molar-refractivity contribution is -0.384. The number of aliphatic hydroxyl groups excluding tert-OH is 2. The van der Waals surface area contributed by atoms with Crippen molar-refractivity contribution >= 4 is 11.7 Å². The molecule has 1 aromatic carbocycles. The molecular weight excluding hydrogens is 230 g/mol. The lowest BCUT2D eigenvalue weighted by atomic mass is 9.99. The number of aryl methyl sites for hydroxylation is 1. The fraction of sp³-hybridized carbons (Fsp3) is 0.300. The van der Waals surface area contributed by atoms with Crippen LogP contribution < -0.4 is 0 Å². The van der Waals surface area contributed by atoms with Crippen LogP contribution in [0.5, 0.6) is 0 Å². The van der Waals surface area contributed by atoms with Gasteiger partial charge in [-0.2, -0.15) is 0 Å². The number of nitrogens with zero attached hydrogens (tertiary/aromatic N) is 1. The summed E-state index contributed by atoms with van der Waals surface area (Å²) in [5, 5.41) is 37.7. The highest BCUT2D eigenvalue weighted by molar-refractivity contribution is 5.73. The molecule has 7 heteroatoms. The van der Waals surface area contributed by atoms with Crippen LogP contribution in [0.25, 0.3) is 0 Å². The van der Waals surface area contributed by atoms with E-state index >= 15 is 0 Å². The van der Waals surface area contributed by atoms with Crippen LogP contribution in [-0.4, -0.2) is 32.3 Å². The Morgan fingerprint density at radius 3 is 2.41 bits per heavy atom. The number of hydrogen-bond acceptors (Lipinski definition) is 5. The number of hydrogen-bond donors (Lipinski definition) is 3. The fourth-order valence-electron chi connectivity index (χ4n) is 1.41. The van der Waals surface area contributed by atoms with Crippen LogP contribution in [0.3, 0.4) is 0 Å². The van der Waals surface area contributed by atoms with Gasteiger partial charge in [0.15, 0.2) is 6.10 Å². The molecule has 0 radical (unpaired) electrons. The Hall–Kier alpha value is -1.99. The van der Waals surface area contributed by atoms with Crippen molar-refractivity contribution in [2.24, 2.45) is 0 Å². The van der Waals surface area contributed by atoms with E-state index in [4.69, 9.17) is 10.2 Å². The van der Waals surface area contributed by atoms with Gasteiger partial charge >= 0.3 is 5.97 Å². The highest BCUT2D eigenvalue weighted by atomic mass is 16.6. The Balaban J connectivity index is 3.08. The lowest BCUT2D eigenvalue weighted by Crippen LogP contribution is -2.27. The van der Waals surface area contributed by atoms with E-state index in [1.807, 2.05) is 0 Å². The summed E-state index contributed by atoms with van der Waals surface area (Å²) < 4.78 is 0. The monoisotopic (exact) mass is 241 g/mol. The molecule has 0 heterocycles. The first-order chi connectivity index (χ1) is 7.84. The molecule has 0 aromatic heterocycles. The number of nitro benzene ring substituents is 1. The molecule has 7 nitrogen and oxygen atoms in total. The molecule has 2 unspecified atom stereocenters. The summed E-state index contributed by atoms with van der Waals surface area (Å²) in [6.45, 7) is 1.49. The maximum absolute atomic E-state index is 10.5. The van der Waals surface area contributed by atoms with Gasteiger partial charge in [-0.05, 0) is 24.1 Å². The number of carboxylic acids is 1. The number of carboxylic acid groups (broad SMARTS) is 1. The zero-order valence-corrected chi connectivity index (χ0v) is 8.90. The summed E-state index contributed by atoms with van der Waals surface area (Å²) in [5.74, 6) is -1.56. The molecule has 0 saturated heterocycles. The molecule has 0 amide bonds. The van der Waals surface area contributed by atoms with Gasteiger partial charge in [0.25, 0.3) is 5.69 Å². The van der Waals surface area contributed by atoms with Crippen molar-refractivity contribution in [1.82, 2.24) is 0 Å². The van der Waals surface area contributed by atoms with E-state index in [1.54, 1.807) is 0 Å². The quantitative estimate of drug-likeness (QED) is 0.517. The molecule has 0 aliphatic rings. The molecule has 3 N–H and O–H groups in total. The molecule has 1 rings (SSSR count). The summed E-state index contributed by atoms with van der Waals surface area (Å²) in [6.07, 6.45) is -3.58. The molecule has 0 spiro atoms. The van der Waals surface area contributed by atoms with E-state index in [-0.39, 0.29) is 11.3 Å². The molecule has 0 bridgehead atoms. The molecule has 1 aromatic rings. The molecule has 92 valence electrons. The van der Waals surface area contributed by atoms with E-state index in [9.17, 15) is 20.0 Å². The van der Waals surface area contributed by atoms with Gasteiger partial charge in [-0.15, -0.1) is 0 Å². The third-order valence-corrected chi connectivity index (χ3v) is 2.33. The van der Waals surface area contributed by atoms with E-state index in [1.165, 1.54) is 19.1 Å². The Labute approximate surface area is 96.1 Å². The number of aliphatic hydroxyl groups is 2. The second-order valence-electron chi connectivity index (χ2n) is 3.53. The van der Waals surface area contributed by atoms with E-state index < -0.39 is 23.1 Å². The molecule has 2 atom stereocenters. The van der Waals surface area contributed by atoms with Gasteiger partial charge in [0.05, 0.1) is 4.92 Å². The summed E-state index contributed by atoms with van der Waals surface area (Å²) in [7, 11) is 0. The van der Waals surface area contributed by atoms with Crippen LogP contribution in [0.1, 0.15) is 17.2 Å². The second-order valence-corrected chi connectivity index (χ2v) is 3.53. The smallest absolute Gasteiger partial charge is 0.335 e. The fourth-order valence-corrected chi connectivity index (χ4v) is 1.41. The van der Waals surface area contributed by atoms with Gasteiger partial charge in [0.2, 0.25) is 0 Å². The van der Waals surface area contributed by atoms with Crippen molar-refractivity contribution in [1.29, 1.82) is 0 Å². The van der Waals surface area contributed by atoms with Crippen LogP contribution in [0, 0.1) is 17.0 Å². The van der Waals surface area contributed by atoms with Crippen molar-refractivity contribution in [2.75, 3.05) is 0 Å². The standard InChI is InChI=1S/C10H11NO6/c1-5-4-6(11(16)17)2-3-7(5)8(12)9(13)10(14)15/h2-4,8-9,12-13H,1H3,(H,14,15). The molecule has 0 fully saturated rings. The van der Waals surface area contributed by atoms with Crippen LogP contribution in [-0.2, 0) is 4.79 Å². The zero-order valence-electron chi connectivity index (χ0n) is 8.90. The summed E-state index contributed by atoms with van der Waals surface area (Å²) in [6, 6.07) is 3.57. The first-order valence-corrected chi connectivity index (χ1v) is 4.68. The third-order valence-electron chi connectivity index (χ3n) is 2.33. The van der Waals surface area contributed by atoms with Crippen molar-refractivity contribution in [3.8, 4) is 0 Å². The maximum atomic E-state index is 10.5. The topological polar surface area (TPSA) is 121 Å². The lowest BCUT2D eigenvalue weighted by Gasteiger charge is -2.16. The highest BCUT2D eigenvalue weighted by Gasteiger charge is 2.26. The van der Waals surface area contributed by atoms with Gasteiger partial charge < -0.3 is 15.3 Å². The Kier molecular flexibility index (Phi) is 3.77. The van der Waals surface area contributed by atoms with Gasteiger partial charge in [-0.25, -0.2) is 4.79 Å². The predicted octanol–water partition coefficient (Wildman–Crippen LogP) is 0.382. The van der Waals surface area contributed by atoms with Gasteiger partial charge in [-0.1, -0.05) is 0 Å². The van der Waals surface area contributed by atoms with Gasteiger partial charge in [0, 0.05) is 12.1 Å². The van der Waals surface area contributed by atoms with Gasteiger partial charge in [-0.3, -0.25) is 10.1 Å². The first-order valence-electron chi connectivity index (χ1n) is 4.68. The average molecular weight is 241 g/mol. The Morgan fingerprint density at radius 2 is 2.00 bits per heavy atom. The zero-order chi connectivity index (χ0) is 13.2. The molecule has 0 aliphatic carbocycles. The number of benzene rings is 1. The predicted molar refractivity (Wildman–Crippen MR) is 56.4 cm³/mol. The molecular formula is C10H11NO6. The second kappa shape index (κ2) is 4.89. The normalized spacial score (nSPS) is 14.1. The summed E-state index contributed by atoms with van der Waals surface area (Å²) in [5.41, 5.74) is 0.320. The average Bonchev–Trinajstić information content (AvgIpc) is 2.26. The molecule has 17 heavy (non-hydrogen) atoms. The number of carbonyl (C=O) groups is 1. The van der Waals surface area contributed by atoms with Crippen LogP contribution in [0.15, 0.2) is 18.2 Å². The highest BCUT2D eigenvalue weighted by Crippen LogP contribution is 2.24. The van der Waals surface area contributed by atoms with Crippen LogP contribution in [0.4, 0.5) is 5.69 Å². The van der Waals surface area contributed by atoms with Crippen molar-refractivity contribution in [3.63, 3.8) is 0 Å².